The third kappa shape index (κ3) is 5.84. The SMILES string of the molecule is CCC(C)(C)C(=O)OCCOC(=O)Oc1c(Cc2ccccc2)c(=O)n(C)c(=O)n1C. The first-order valence-corrected chi connectivity index (χ1v) is 9.93. The summed E-state index contributed by atoms with van der Waals surface area (Å²) in [6.45, 7) is 5.03. The lowest BCUT2D eigenvalue weighted by Crippen LogP contribution is -2.40. The van der Waals surface area contributed by atoms with Crippen LogP contribution >= 0.6 is 0 Å². The molecular weight excluding hydrogens is 404 g/mol. The first kappa shape index (κ1) is 23.9. The fraction of sp³-hybridized carbons (Fsp3) is 0.455. The van der Waals surface area contributed by atoms with Crippen LogP contribution in [0.1, 0.15) is 38.3 Å². The molecule has 0 aliphatic rings. The van der Waals surface area contributed by atoms with Crippen LogP contribution in [0.5, 0.6) is 5.88 Å². The third-order valence-corrected chi connectivity index (χ3v) is 5.08. The molecule has 0 aliphatic heterocycles. The zero-order valence-electron chi connectivity index (χ0n) is 18.5. The Morgan fingerprint density at radius 3 is 2.19 bits per heavy atom. The number of carbonyl (C=O) groups excluding carboxylic acids is 2. The molecule has 0 spiro atoms. The van der Waals surface area contributed by atoms with Gasteiger partial charge in [0.15, 0.2) is 0 Å². The molecule has 0 aliphatic carbocycles. The first-order chi connectivity index (χ1) is 14.6. The molecule has 0 bridgehead atoms. The molecule has 2 aromatic rings. The number of carbonyl (C=O) groups is 2. The molecule has 0 unspecified atom stereocenters. The maximum atomic E-state index is 12.7. The molecule has 0 radical (unpaired) electrons. The van der Waals surface area contributed by atoms with Crippen LogP contribution in [0, 0.1) is 5.41 Å². The molecule has 0 saturated heterocycles. The molecule has 1 aromatic heterocycles. The van der Waals surface area contributed by atoms with Gasteiger partial charge >= 0.3 is 17.8 Å². The van der Waals surface area contributed by atoms with Crippen LogP contribution in [0.15, 0.2) is 39.9 Å². The predicted molar refractivity (Wildman–Crippen MR) is 113 cm³/mol. The van der Waals surface area contributed by atoms with E-state index in [1.807, 2.05) is 37.3 Å². The van der Waals surface area contributed by atoms with Crippen molar-refractivity contribution in [3.63, 3.8) is 0 Å². The van der Waals surface area contributed by atoms with E-state index in [0.29, 0.717) is 6.42 Å². The van der Waals surface area contributed by atoms with Gasteiger partial charge < -0.3 is 14.2 Å². The lowest BCUT2D eigenvalue weighted by atomic mass is 9.91. The molecule has 9 nitrogen and oxygen atoms in total. The van der Waals surface area contributed by atoms with Gasteiger partial charge in [-0.3, -0.25) is 18.7 Å². The first-order valence-electron chi connectivity index (χ1n) is 9.93. The minimum Gasteiger partial charge on any atom is -0.462 e. The standard InChI is InChI=1S/C22H28N2O7/c1-6-22(2,3)19(26)29-12-13-30-21(28)31-18-16(14-15-10-8-7-9-11-15)17(25)23(4)20(27)24(18)5/h7-11H,6,12-14H2,1-5H3. The van der Waals surface area contributed by atoms with Crippen LogP contribution in [0.2, 0.25) is 0 Å². The van der Waals surface area contributed by atoms with E-state index < -0.39 is 28.8 Å². The Bertz CT molecular complexity index is 1050. The van der Waals surface area contributed by atoms with E-state index in [1.165, 1.54) is 14.1 Å². The topological polar surface area (TPSA) is 106 Å². The summed E-state index contributed by atoms with van der Waals surface area (Å²) in [6.07, 6.45) is -0.340. The number of nitrogens with zero attached hydrogens (tertiary/aromatic N) is 2. The summed E-state index contributed by atoms with van der Waals surface area (Å²) in [4.78, 5) is 49.1. The van der Waals surface area contributed by atoms with E-state index in [0.717, 1.165) is 14.7 Å². The molecule has 1 heterocycles. The van der Waals surface area contributed by atoms with Gasteiger partial charge in [-0.05, 0) is 25.8 Å². The van der Waals surface area contributed by atoms with E-state index in [-0.39, 0.29) is 31.1 Å². The average molecular weight is 432 g/mol. The van der Waals surface area contributed by atoms with Gasteiger partial charge in [0, 0.05) is 20.5 Å². The molecule has 31 heavy (non-hydrogen) atoms. The van der Waals surface area contributed by atoms with Crippen LogP contribution in [0.25, 0.3) is 0 Å². The molecule has 2 rings (SSSR count). The van der Waals surface area contributed by atoms with Crippen molar-refractivity contribution in [1.29, 1.82) is 0 Å². The number of aromatic nitrogens is 2. The third-order valence-electron chi connectivity index (χ3n) is 5.08. The van der Waals surface area contributed by atoms with Crippen molar-refractivity contribution in [2.75, 3.05) is 13.2 Å². The minimum atomic E-state index is -1.11. The molecule has 0 fully saturated rings. The van der Waals surface area contributed by atoms with Crippen molar-refractivity contribution in [3.8, 4) is 5.88 Å². The van der Waals surface area contributed by atoms with E-state index in [1.54, 1.807) is 13.8 Å². The highest BCUT2D eigenvalue weighted by molar-refractivity contribution is 5.75. The molecule has 0 amide bonds. The number of rotatable bonds is 8. The maximum absolute atomic E-state index is 12.7. The molecule has 0 N–H and O–H groups in total. The van der Waals surface area contributed by atoms with Gasteiger partial charge in [-0.15, -0.1) is 0 Å². The van der Waals surface area contributed by atoms with Crippen LogP contribution in [0.3, 0.4) is 0 Å². The van der Waals surface area contributed by atoms with Gasteiger partial charge in [0.05, 0.1) is 11.0 Å². The zero-order chi connectivity index (χ0) is 23.2. The van der Waals surface area contributed by atoms with Crippen LogP contribution in [0.4, 0.5) is 4.79 Å². The number of esters is 1. The average Bonchev–Trinajstić information content (AvgIpc) is 2.76. The lowest BCUT2D eigenvalue weighted by molar-refractivity contribution is -0.155. The highest BCUT2D eigenvalue weighted by Crippen LogP contribution is 2.21. The quantitative estimate of drug-likeness (QED) is 0.465. The van der Waals surface area contributed by atoms with Crippen LogP contribution < -0.4 is 16.0 Å². The number of hydrogen-bond donors (Lipinski definition) is 0. The maximum Gasteiger partial charge on any atom is 0.515 e. The monoisotopic (exact) mass is 432 g/mol. The Balaban J connectivity index is 2.13. The predicted octanol–water partition coefficient (Wildman–Crippen LogP) is 2.17. The molecule has 9 heteroatoms. The molecule has 1 aromatic carbocycles. The highest BCUT2D eigenvalue weighted by atomic mass is 16.7. The van der Waals surface area contributed by atoms with Crippen molar-refractivity contribution in [3.05, 3.63) is 62.3 Å². The fourth-order valence-electron chi connectivity index (χ4n) is 2.68. The van der Waals surface area contributed by atoms with Crippen molar-refractivity contribution < 1.29 is 23.8 Å². The summed E-state index contributed by atoms with van der Waals surface area (Å²) in [5, 5.41) is 0. The second-order valence-electron chi connectivity index (χ2n) is 7.73. The van der Waals surface area contributed by atoms with Gasteiger partial charge in [-0.2, -0.15) is 0 Å². The smallest absolute Gasteiger partial charge is 0.462 e. The summed E-state index contributed by atoms with van der Waals surface area (Å²) in [5.41, 5.74) is -0.883. The molecule has 0 atom stereocenters. The summed E-state index contributed by atoms with van der Waals surface area (Å²) in [6, 6.07) is 9.11. The van der Waals surface area contributed by atoms with Crippen LogP contribution in [-0.4, -0.2) is 34.5 Å². The Morgan fingerprint density at radius 2 is 1.58 bits per heavy atom. The van der Waals surface area contributed by atoms with Crippen molar-refractivity contribution in [1.82, 2.24) is 9.13 Å². The van der Waals surface area contributed by atoms with Gasteiger partial charge in [0.2, 0.25) is 5.88 Å². The number of ether oxygens (including phenoxy) is 3. The van der Waals surface area contributed by atoms with Crippen molar-refractivity contribution >= 4 is 12.1 Å². The number of benzene rings is 1. The second-order valence-corrected chi connectivity index (χ2v) is 7.73. The van der Waals surface area contributed by atoms with E-state index >= 15 is 0 Å². The molecule has 0 saturated carbocycles. The highest BCUT2D eigenvalue weighted by Gasteiger charge is 2.27. The Hall–Kier alpha value is -3.36. The Morgan fingerprint density at radius 1 is 0.968 bits per heavy atom. The van der Waals surface area contributed by atoms with Gasteiger partial charge in [-0.1, -0.05) is 37.3 Å². The van der Waals surface area contributed by atoms with Crippen LogP contribution in [-0.2, 0) is 34.8 Å². The molecular formula is C22H28N2O7. The lowest BCUT2D eigenvalue weighted by Gasteiger charge is -2.20. The largest absolute Gasteiger partial charge is 0.515 e. The van der Waals surface area contributed by atoms with Crippen molar-refractivity contribution in [2.24, 2.45) is 19.5 Å². The second kappa shape index (κ2) is 10.1. The van der Waals surface area contributed by atoms with Gasteiger partial charge in [0.25, 0.3) is 5.56 Å². The summed E-state index contributed by atoms with van der Waals surface area (Å²) >= 11 is 0. The molecule has 168 valence electrons. The van der Waals surface area contributed by atoms with Gasteiger partial charge in [0.1, 0.15) is 13.2 Å². The summed E-state index contributed by atoms with van der Waals surface area (Å²) < 4.78 is 17.3. The minimum absolute atomic E-state index is 0.135. The fourth-order valence-corrected chi connectivity index (χ4v) is 2.68. The summed E-state index contributed by atoms with van der Waals surface area (Å²) in [7, 11) is 2.75. The Labute approximate surface area is 180 Å². The normalized spacial score (nSPS) is 11.1. The van der Waals surface area contributed by atoms with Crippen molar-refractivity contribution in [2.45, 2.75) is 33.6 Å². The van der Waals surface area contributed by atoms with E-state index in [9.17, 15) is 19.2 Å². The van der Waals surface area contributed by atoms with E-state index in [4.69, 9.17) is 14.2 Å². The van der Waals surface area contributed by atoms with Gasteiger partial charge in [-0.25, -0.2) is 9.59 Å². The number of hydrogen-bond acceptors (Lipinski definition) is 7. The van der Waals surface area contributed by atoms with E-state index in [2.05, 4.69) is 0 Å². The summed E-state index contributed by atoms with van der Waals surface area (Å²) in [5.74, 6) is -0.586. The Kier molecular flexibility index (Phi) is 7.79. The zero-order valence-corrected chi connectivity index (χ0v) is 18.5.